The highest BCUT2D eigenvalue weighted by Gasteiger charge is 2.33. The maximum Gasteiger partial charge on any atom is 0.356 e. The van der Waals surface area contributed by atoms with E-state index in [0.29, 0.717) is 6.04 Å². The number of hydrogen-bond acceptors (Lipinski definition) is 4. The topological polar surface area (TPSA) is 76.2 Å². The molecule has 1 saturated heterocycles. The number of likely N-dealkylation sites (tertiary alicyclic amines) is 1. The minimum atomic E-state index is -0.892. The Morgan fingerprint density at radius 2 is 2.11 bits per heavy atom. The number of aromatic carboxylic acids is 1. The molecule has 2 aromatic heterocycles. The lowest BCUT2D eigenvalue weighted by Gasteiger charge is -2.39. The van der Waals surface area contributed by atoms with Gasteiger partial charge in [0.15, 0.2) is 5.69 Å². The molecule has 0 amide bonds. The molecule has 146 valence electrons. The van der Waals surface area contributed by atoms with Gasteiger partial charge in [0.1, 0.15) is 0 Å². The molecule has 1 atom stereocenters. The van der Waals surface area contributed by atoms with Gasteiger partial charge >= 0.3 is 5.97 Å². The third-order valence-electron chi connectivity index (χ3n) is 6.31. The maximum atomic E-state index is 11.6. The van der Waals surface area contributed by atoms with E-state index in [1.54, 1.807) is 0 Å². The number of aryl methyl sites for hydroxylation is 2. The molecule has 1 aliphatic carbocycles. The van der Waals surface area contributed by atoms with E-state index >= 15 is 0 Å². The highest BCUT2D eigenvalue weighted by molar-refractivity contribution is 5.87. The molecule has 0 spiro atoms. The van der Waals surface area contributed by atoms with Crippen LogP contribution in [0.1, 0.15) is 54.4 Å². The summed E-state index contributed by atoms with van der Waals surface area (Å²) >= 11 is 0. The van der Waals surface area contributed by atoms with E-state index in [-0.39, 0.29) is 5.69 Å². The van der Waals surface area contributed by atoms with Crippen LogP contribution in [0.3, 0.4) is 0 Å². The lowest BCUT2D eigenvalue weighted by molar-refractivity contribution is 0.0686. The van der Waals surface area contributed by atoms with Gasteiger partial charge in [-0.3, -0.25) is 9.36 Å². The van der Waals surface area contributed by atoms with Gasteiger partial charge < -0.3 is 10.0 Å². The van der Waals surface area contributed by atoms with Gasteiger partial charge in [-0.15, -0.1) is 0 Å². The molecule has 27 heavy (non-hydrogen) atoms. The summed E-state index contributed by atoms with van der Waals surface area (Å²) in [5.74, 6) is -0.126. The average molecular weight is 371 g/mol. The summed E-state index contributed by atoms with van der Waals surface area (Å²) in [6.45, 7) is 6.01. The van der Waals surface area contributed by atoms with E-state index in [9.17, 15) is 9.90 Å². The van der Waals surface area contributed by atoms with Gasteiger partial charge in [0.05, 0.1) is 0 Å². The standard InChI is InChI=1S/C20H29N5O2/c1-2-25-18-5-4-16(14-17(18)19(22-25)20(26)27)23-11-6-15(7-12-23)8-13-24-10-3-9-21-24/h3,9-10,15-16H,2,4-8,11-14H2,1H3,(H,26,27)/t16-/m1/s1. The van der Waals surface area contributed by atoms with Crippen molar-refractivity contribution in [2.24, 2.45) is 5.92 Å². The van der Waals surface area contributed by atoms with Crippen molar-refractivity contribution in [1.29, 1.82) is 0 Å². The van der Waals surface area contributed by atoms with Crippen molar-refractivity contribution in [1.82, 2.24) is 24.5 Å². The maximum absolute atomic E-state index is 11.6. The summed E-state index contributed by atoms with van der Waals surface area (Å²) < 4.78 is 3.91. The first-order valence-electron chi connectivity index (χ1n) is 10.2. The molecule has 0 radical (unpaired) electrons. The third-order valence-corrected chi connectivity index (χ3v) is 6.31. The highest BCUT2D eigenvalue weighted by atomic mass is 16.4. The second-order valence-electron chi connectivity index (χ2n) is 7.83. The lowest BCUT2D eigenvalue weighted by Crippen LogP contribution is -2.44. The Labute approximate surface area is 160 Å². The number of rotatable bonds is 6. The molecule has 2 aliphatic rings. The van der Waals surface area contributed by atoms with E-state index < -0.39 is 5.97 Å². The molecular formula is C20H29N5O2. The molecule has 0 aromatic carbocycles. The number of piperidine rings is 1. The van der Waals surface area contributed by atoms with Gasteiger partial charge in [-0.1, -0.05) is 0 Å². The van der Waals surface area contributed by atoms with Crippen molar-refractivity contribution in [3.63, 3.8) is 0 Å². The van der Waals surface area contributed by atoms with Crippen molar-refractivity contribution in [3.8, 4) is 0 Å². The van der Waals surface area contributed by atoms with Crippen LogP contribution in [-0.4, -0.2) is 54.7 Å². The number of nitrogens with zero attached hydrogens (tertiary/aromatic N) is 5. The molecule has 1 fully saturated rings. The lowest BCUT2D eigenvalue weighted by atomic mass is 9.87. The Morgan fingerprint density at radius 1 is 1.30 bits per heavy atom. The molecule has 1 aliphatic heterocycles. The molecule has 0 unspecified atom stereocenters. The number of fused-ring (bicyclic) bond motifs is 1. The van der Waals surface area contributed by atoms with Gasteiger partial charge in [-0.05, 0) is 70.5 Å². The van der Waals surface area contributed by atoms with Crippen LogP contribution in [0.2, 0.25) is 0 Å². The average Bonchev–Trinajstić information content (AvgIpc) is 3.34. The normalized spacial score (nSPS) is 21.3. The molecule has 1 N–H and O–H groups in total. The van der Waals surface area contributed by atoms with Crippen molar-refractivity contribution in [2.45, 2.75) is 64.6 Å². The first kappa shape index (κ1) is 18.2. The fourth-order valence-corrected chi connectivity index (χ4v) is 4.77. The SMILES string of the molecule is CCn1nc(C(=O)O)c2c1CC[C@@H](N1CCC(CCn3cccn3)CC1)C2. The van der Waals surface area contributed by atoms with E-state index in [4.69, 9.17) is 0 Å². The Hall–Kier alpha value is -2.15. The summed E-state index contributed by atoms with van der Waals surface area (Å²) in [7, 11) is 0. The minimum Gasteiger partial charge on any atom is -0.476 e. The van der Waals surface area contributed by atoms with E-state index in [0.717, 1.165) is 62.6 Å². The number of carboxylic acid groups (broad SMARTS) is 1. The smallest absolute Gasteiger partial charge is 0.356 e. The van der Waals surface area contributed by atoms with Crippen LogP contribution in [0.5, 0.6) is 0 Å². The predicted octanol–water partition coefficient (Wildman–Crippen LogP) is 2.46. The molecular weight excluding hydrogens is 342 g/mol. The van der Waals surface area contributed by atoms with Crippen molar-refractivity contribution >= 4 is 5.97 Å². The highest BCUT2D eigenvalue weighted by Crippen LogP contribution is 2.30. The summed E-state index contributed by atoms with van der Waals surface area (Å²) in [4.78, 5) is 14.2. The third kappa shape index (κ3) is 3.78. The second kappa shape index (κ2) is 7.84. The van der Waals surface area contributed by atoms with Crippen LogP contribution in [0.25, 0.3) is 0 Å². The predicted molar refractivity (Wildman–Crippen MR) is 102 cm³/mol. The fourth-order valence-electron chi connectivity index (χ4n) is 4.77. The Balaban J connectivity index is 1.35. The molecule has 0 saturated carbocycles. The Morgan fingerprint density at radius 3 is 2.78 bits per heavy atom. The number of carbonyl (C=O) groups is 1. The van der Waals surface area contributed by atoms with Crippen LogP contribution in [0.4, 0.5) is 0 Å². The van der Waals surface area contributed by atoms with Crippen LogP contribution in [0.15, 0.2) is 18.5 Å². The second-order valence-corrected chi connectivity index (χ2v) is 7.83. The van der Waals surface area contributed by atoms with Gasteiger partial charge in [0.2, 0.25) is 0 Å². The van der Waals surface area contributed by atoms with E-state index in [2.05, 4.69) is 15.1 Å². The largest absolute Gasteiger partial charge is 0.476 e. The number of aromatic nitrogens is 4. The Bertz CT molecular complexity index is 775. The van der Waals surface area contributed by atoms with E-state index in [1.807, 2.05) is 34.7 Å². The fraction of sp³-hybridized carbons (Fsp3) is 0.650. The van der Waals surface area contributed by atoms with Gasteiger partial charge in [-0.2, -0.15) is 10.2 Å². The Kier molecular flexibility index (Phi) is 5.29. The van der Waals surface area contributed by atoms with Crippen LogP contribution >= 0.6 is 0 Å². The molecule has 0 bridgehead atoms. The monoisotopic (exact) mass is 371 g/mol. The van der Waals surface area contributed by atoms with Gasteiger partial charge in [-0.25, -0.2) is 4.79 Å². The molecule has 7 heteroatoms. The first-order valence-corrected chi connectivity index (χ1v) is 10.2. The summed E-state index contributed by atoms with van der Waals surface area (Å²) in [6.07, 6.45) is 10.4. The zero-order valence-corrected chi connectivity index (χ0v) is 16.0. The molecule has 7 nitrogen and oxygen atoms in total. The quantitative estimate of drug-likeness (QED) is 0.844. The molecule has 2 aromatic rings. The van der Waals surface area contributed by atoms with Gasteiger partial charge in [0, 0.05) is 42.8 Å². The number of carboxylic acids is 1. The molecule has 3 heterocycles. The summed E-state index contributed by atoms with van der Waals surface area (Å²) in [5.41, 5.74) is 2.38. The van der Waals surface area contributed by atoms with Crippen LogP contribution in [-0.2, 0) is 25.9 Å². The minimum absolute atomic E-state index is 0.269. The van der Waals surface area contributed by atoms with E-state index in [1.165, 1.54) is 19.3 Å². The van der Waals surface area contributed by atoms with Crippen molar-refractivity contribution in [3.05, 3.63) is 35.4 Å². The zero-order chi connectivity index (χ0) is 18.8. The summed E-state index contributed by atoms with van der Waals surface area (Å²) in [6, 6.07) is 2.43. The first-order chi connectivity index (χ1) is 13.2. The van der Waals surface area contributed by atoms with Gasteiger partial charge in [0.25, 0.3) is 0 Å². The zero-order valence-electron chi connectivity index (χ0n) is 16.0. The van der Waals surface area contributed by atoms with Crippen molar-refractivity contribution in [2.75, 3.05) is 13.1 Å². The van der Waals surface area contributed by atoms with Crippen LogP contribution in [0, 0.1) is 5.92 Å². The van der Waals surface area contributed by atoms with Crippen LogP contribution < -0.4 is 0 Å². The summed E-state index contributed by atoms with van der Waals surface area (Å²) in [5, 5.41) is 18.2. The molecule has 4 rings (SSSR count). The number of hydrogen-bond donors (Lipinski definition) is 1. The van der Waals surface area contributed by atoms with Crippen molar-refractivity contribution < 1.29 is 9.90 Å².